The molecule has 0 spiro atoms. The van der Waals surface area contributed by atoms with E-state index in [1.165, 1.54) is 64.2 Å². The van der Waals surface area contributed by atoms with Gasteiger partial charge in [0.1, 0.15) is 0 Å². The molecule has 0 aromatic heterocycles. The molecule has 0 aromatic rings. The third kappa shape index (κ3) is 8.57. The summed E-state index contributed by atoms with van der Waals surface area (Å²) in [7, 11) is 0. The molecule has 0 amide bonds. The Morgan fingerprint density at radius 2 is 1.42 bits per heavy atom. The quantitative estimate of drug-likeness (QED) is 0.112. The first-order chi connectivity index (χ1) is 20.6. The highest BCUT2D eigenvalue weighted by Crippen LogP contribution is 2.68. The monoisotopic (exact) mass is 605 g/mol. The molecule has 0 bridgehead atoms. The molecule has 0 radical (unpaired) electrons. The molecule has 43 heavy (non-hydrogen) atoms. The first-order valence-electron chi connectivity index (χ1n) is 18.8. The summed E-state index contributed by atoms with van der Waals surface area (Å²) in [6.07, 6.45) is 16.7. The molecule has 6 nitrogen and oxygen atoms in total. The molecule has 4 aliphatic rings. The minimum Gasteiger partial charge on any atom is -0.393 e. The van der Waals surface area contributed by atoms with Gasteiger partial charge in [-0.3, -0.25) is 0 Å². The molecule has 4 rings (SSSR count). The van der Waals surface area contributed by atoms with E-state index in [0.29, 0.717) is 52.4 Å². The minimum atomic E-state index is -0.170. The molecule has 1 unspecified atom stereocenters. The van der Waals surface area contributed by atoms with Crippen LogP contribution in [0.5, 0.6) is 0 Å². The summed E-state index contributed by atoms with van der Waals surface area (Å²) >= 11 is 0. The van der Waals surface area contributed by atoms with Crippen LogP contribution in [0.4, 0.5) is 0 Å². The lowest BCUT2D eigenvalue weighted by molar-refractivity contribution is -0.167. The molecule has 0 heterocycles. The van der Waals surface area contributed by atoms with E-state index < -0.39 is 0 Å². The van der Waals surface area contributed by atoms with Crippen molar-refractivity contribution in [3.63, 3.8) is 0 Å². The summed E-state index contributed by atoms with van der Waals surface area (Å²) in [6, 6.07) is 0.619. The first-order valence-corrected chi connectivity index (χ1v) is 18.8. The Kier molecular flexibility index (Phi) is 13.7. The first kappa shape index (κ1) is 35.6. The summed E-state index contributed by atoms with van der Waals surface area (Å²) in [4.78, 5) is 0. The lowest BCUT2D eigenvalue weighted by atomic mass is 9.43. The van der Waals surface area contributed by atoms with Gasteiger partial charge >= 0.3 is 0 Å². The lowest BCUT2D eigenvalue weighted by Gasteiger charge is -2.62. The molecule has 0 aliphatic heterocycles. The van der Waals surface area contributed by atoms with Crippen LogP contribution in [-0.4, -0.2) is 67.7 Å². The number of aliphatic hydroxyl groups excluding tert-OH is 2. The number of nitrogens with two attached hydrogens (primary N) is 1. The second kappa shape index (κ2) is 16.5. The Balaban J connectivity index is 1.20. The summed E-state index contributed by atoms with van der Waals surface area (Å²) in [6.45, 7) is 18.2. The average molecular weight is 605 g/mol. The third-order valence-electron chi connectivity index (χ3n) is 13.6. The van der Waals surface area contributed by atoms with Crippen LogP contribution in [0.3, 0.4) is 0 Å². The molecular weight excluding hydrogens is 532 g/mol. The van der Waals surface area contributed by atoms with Gasteiger partial charge in [0.15, 0.2) is 0 Å². The van der Waals surface area contributed by atoms with E-state index in [4.69, 9.17) is 5.73 Å². The number of aliphatic hydroxyl groups is 2. The predicted octanol–water partition coefficient (Wildman–Crippen LogP) is 5.71. The Hall–Kier alpha value is -0.240. The van der Waals surface area contributed by atoms with Gasteiger partial charge in [0.25, 0.3) is 0 Å². The smallest absolute Gasteiger partial charge is 0.0577 e. The Bertz CT molecular complexity index is 811. The van der Waals surface area contributed by atoms with Crippen molar-refractivity contribution in [3.8, 4) is 0 Å². The molecule has 0 saturated heterocycles. The second-order valence-electron chi connectivity index (χ2n) is 16.5. The Morgan fingerprint density at radius 3 is 2.12 bits per heavy atom. The van der Waals surface area contributed by atoms with Crippen molar-refractivity contribution in [1.29, 1.82) is 0 Å². The highest BCUT2D eigenvalue weighted by Gasteiger charge is 2.62. The van der Waals surface area contributed by atoms with Crippen molar-refractivity contribution < 1.29 is 10.2 Å². The number of hydrogen-bond donors (Lipinski definition) is 6. The van der Waals surface area contributed by atoms with E-state index in [0.717, 1.165) is 70.9 Å². The van der Waals surface area contributed by atoms with E-state index in [9.17, 15) is 10.2 Å². The van der Waals surface area contributed by atoms with Crippen molar-refractivity contribution in [2.75, 3.05) is 39.3 Å². The van der Waals surface area contributed by atoms with Crippen LogP contribution in [0, 0.1) is 52.3 Å². The van der Waals surface area contributed by atoms with E-state index in [2.05, 4.69) is 50.6 Å². The zero-order valence-electron chi connectivity index (χ0n) is 28.9. The maximum atomic E-state index is 11.8. The topological polar surface area (TPSA) is 103 Å². The van der Waals surface area contributed by atoms with Gasteiger partial charge in [0.05, 0.1) is 12.2 Å². The molecule has 7 N–H and O–H groups in total. The van der Waals surface area contributed by atoms with Crippen LogP contribution in [0.15, 0.2) is 0 Å². The lowest BCUT2D eigenvalue weighted by Crippen LogP contribution is -2.59. The van der Waals surface area contributed by atoms with Gasteiger partial charge in [-0.25, -0.2) is 0 Å². The van der Waals surface area contributed by atoms with Gasteiger partial charge in [0, 0.05) is 6.04 Å². The van der Waals surface area contributed by atoms with Crippen molar-refractivity contribution in [1.82, 2.24) is 16.0 Å². The molecule has 0 aromatic carbocycles. The second-order valence-corrected chi connectivity index (χ2v) is 16.5. The summed E-state index contributed by atoms with van der Waals surface area (Å²) in [5.74, 6) is 4.28. The van der Waals surface area contributed by atoms with Crippen LogP contribution < -0.4 is 21.7 Å². The van der Waals surface area contributed by atoms with Gasteiger partial charge in [-0.1, -0.05) is 34.6 Å². The van der Waals surface area contributed by atoms with E-state index >= 15 is 0 Å². The minimum absolute atomic E-state index is 0.122. The van der Waals surface area contributed by atoms with Crippen molar-refractivity contribution >= 4 is 0 Å². The Labute approximate surface area is 265 Å². The zero-order chi connectivity index (χ0) is 31.0. The molecular formula is C37H72N4O2. The molecule has 6 heteroatoms. The van der Waals surface area contributed by atoms with Crippen molar-refractivity contribution in [2.45, 2.75) is 143 Å². The van der Waals surface area contributed by atoms with Gasteiger partial charge in [0.2, 0.25) is 0 Å². The van der Waals surface area contributed by atoms with Crippen LogP contribution in [0.25, 0.3) is 0 Å². The fourth-order valence-electron chi connectivity index (χ4n) is 10.8. The Morgan fingerprint density at radius 1 is 0.767 bits per heavy atom. The van der Waals surface area contributed by atoms with Crippen molar-refractivity contribution in [3.05, 3.63) is 0 Å². The van der Waals surface area contributed by atoms with E-state index in [-0.39, 0.29) is 12.2 Å². The highest BCUT2D eigenvalue weighted by atomic mass is 16.3. The van der Waals surface area contributed by atoms with Gasteiger partial charge in [-0.15, -0.1) is 0 Å². The maximum absolute atomic E-state index is 11.8. The number of fused-ring (bicyclic) bond motifs is 5. The SMILES string of the molecule is CC(C)C(O)CC[C@@H](C)[C@H]1CC[C@H]2[C@@H]3[C@@H](O)C[C@H]4C[C@H](NCCCNCCCCNCCCN)CC[C@]4(C)[C@H]3CC[C@]12C. The molecule has 252 valence electrons. The van der Waals surface area contributed by atoms with Gasteiger partial charge < -0.3 is 31.9 Å². The molecule has 11 atom stereocenters. The molecule has 4 fully saturated rings. The third-order valence-corrected chi connectivity index (χ3v) is 13.6. The summed E-state index contributed by atoms with van der Waals surface area (Å²) in [5, 5.41) is 33.2. The maximum Gasteiger partial charge on any atom is 0.0577 e. The van der Waals surface area contributed by atoms with Crippen molar-refractivity contribution in [2.24, 2.45) is 58.0 Å². The van der Waals surface area contributed by atoms with Gasteiger partial charge in [-0.05, 0) is 181 Å². The van der Waals surface area contributed by atoms with Crippen LogP contribution in [-0.2, 0) is 0 Å². The number of unbranched alkanes of at least 4 members (excludes halogenated alkanes) is 1. The largest absolute Gasteiger partial charge is 0.393 e. The van der Waals surface area contributed by atoms with E-state index in [1.807, 2.05) is 0 Å². The van der Waals surface area contributed by atoms with Crippen LogP contribution in [0.2, 0.25) is 0 Å². The normalized spacial score (nSPS) is 38.9. The predicted molar refractivity (Wildman–Crippen MR) is 181 cm³/mol. The zero-order valence-corrected chi connectivity index (χ0v) is 28.9. The summed E-state index contributed by atoms with van der Waals surface area (Å²) in [5.41, 5.74) is 6.30. The molecule has 4 aliphatic carbocycles. The van der Waals surface area contributed by atoms with E-state index in [1.54, 1.807) is 0 Å². The molecule has 4 saturated carbocycles. The summed E-state index contributed by atoms with van der Waals surface area (Å²) < 4.78 is 0. The van der Waals surface area contributed by atoms with Crippen LogP contribution in [0.1, 0.15) is 125 Å². The fraction of sp³-hybridized carbons (Fsp3) is 1.00. The number of nitrogens with one attached hydrogen (secondary N) is 3. The average Bonchev–Trinajstić information content (AvgIpc) is 3.34. The van der Waals surface area contributed by atoms with Gasteiger partial charge in [-0.2, -0.15) is 0 Å². The number of hydrogen-bond acceptors (Lipinski definition) is 6. The highest BCUT2D eigenvalue weighted by molar-refractivity contribution is 5.12. The fourth-order valence-corrected chi connectivity index (χ4v) is 10.8. The number of rotatable bonds is 18. The van der Waals surface area contributed by atoms with Crippen LogP contribution >= 0.6 is 0 Å². The standard InChI is InChI=1S/C37H72N4O2/c1-26(2)33(42)13-10-27(3)30-11-12-31-35-32(15-17-37(30,31)5)36(4)16-14-29(24-28(36)25-34(35)43)41-23-9-22-40-20-7-6-19-39-21-8-18-38/h26-35,39-43H,6-25,38H2,1-5H3/t27-,28-,29-,30-,31+,32+,33?,34+,35+,36+,37-/m1/s1.